The summed E-state index contributed by atoms with van der Waals surface area (Å²) in [5.74, 6) is 1.01. The average molecular weight is 777 g/mol. The molecule has 0 radical (unpaired) electrons. The highest BCUT2D eigenvalue weighted by molar-refractivity contribution is 6.07. The molecule has 7 rings (SSSR count). The molecule has 300 valence electrons. The number of nitrogens with zero attached hydrogens (tertiary/aromatic N) is 1. The number of benzene rings is 2. The Morgan fingerprint density at radius 1 is 1.14 bits per heavy atom. The number of aliphatic hydroxyl groups excluding tert-OH is 4. The molecule has 8 atom stereocenters. The van der Waals surface area contributed by atoms with Crippen LogP contribution in [0.25, 0.3) is 11.0 Å². The van der Waals surface area contributed by atoms with Crippen LogP contribution in [0.2, 0.25) is 0 Å². The number of ether oxygens (including phenoxy) is 1. The van der Waals surface area contributed by atoms with Gasteiger partial charge in [0.25, 0.3) is 0 Å². The molecule has 1 unspecified atom stereocenters. The first kappa shape index (κ1) is 39.8. The van der Waals surface area contributed by atoms with Crippen LogP contribution in [0.15, 0.2) is 74.1 Å². The number of phenols is 1. The first-order chi connectivity index (χ1) is 26.7. The molecule has 1 fully saturated rings. The normalized spacial score (nSPS) is 25.7. The van der Waals surface area contributed by atoms with Crippen molar-refractivity contribution < 1.29 is 59.3 Å². The minimum atomic E-state index is -2.26. The number of allylic oxidation sites excluding steroid dienone is 2. The van der Waals surface area contributed by atoms with Crippen molar-refractivity contribution >= 4 is 28.3 Å². The molecule has 0 aliphatic carbocycles. The highest BCUT2D eigenvalue weighted by Crippen LogP contribution is 2.45. The number of nitrogens with one attached hydrogen (secondary N) is 2. The Morgan fingerprint density at radius 2 is 1.91 bits per heavy atom. The van der Waals surface area contributed by atoms with E-state index < -0.39 is 48.8 Å². The van der Waals surface area contributed by atoms with Gasteiger partial charge < -0.3 is 45.1 Å². The molecule has 0 saturated carbocycles. The van der Waals surface area contributed by atoms with Crippen LogP contribution in [0.1, 0.15) is 56.4 Å². The maximum atomic E-state index is 13.6. The molecule has 1 amide bonds. The standard InChI is InChI=1S/C41H49N3O12/c1-4-30-27-10-12-42-29(27)19-44(30)35-37-25(15-28-31(47)13-22(2)54-38(28)35)16-33(40(3,55-37)11-9-24-14-34(49)43-18-24)56-53-21-41(52,39(51)36(50)32(48)20-45)17-23-5-7-26(46)8-6-23/h5-8,10,12-13,15,24,32-33,36,39,45-46,48,50-52H,4,9,11,14,16-21H2,1-3H3,(H,43,49)/p+1/t24-,32-,33-,36-,39+,40-,41+/m1/s1. The number of aryl methyl sites for hydroxylation is 1. The maximum absolute atomic E-state index is 13.6. The maximum Gasteiger partial charge on any atom is 0.222 e. The van der Waals surface area contributed by atoms with E-state index >= 15 is 0 Å². The lowest BCUT2D eigenvalue weighted by atomic mass is 9.83. The summed E-state index contributed by atoms with van der Waals surface area (Å²) in [5, 5.41) is 66.3. The summed E-state index contributed by atoms with van der Waals surface area (Å²) in [6, 6.07) is 9.03. The fourth-order valence-corrected chi connectivity index (χ4v) is 8.34. The largest absolute Gasteiger partial charge is 0.508 e. The minimum Gasteiger partial charge on any atom is -0.508 e. The van der Waals surface area contributed by atoms with Crippen molar-refractivity contribution in [3.63, 3.8) is 0 Å². The van der Waals surface area contributed by atoms with E-state index in [9.17, 15) is 40.2 Å². The molecule has 0 spiro atoms. The number of aromatic hydroxyl groups is 1. The summed E-state index contributed by atoms with van der Waals surface area (Å²) < 4.78 is 13.4. The number of phenolic OH excluding ortho intramolecular Hbond substituents is 1. The minimum absolute atomic E-state index is 0.0195. The number of hydrogen-bond donors (Lipinski definition) is 8. The van der Waals surface area contributed by atoms with Crippen LogP contribution < -0.4 is 20.4 Å². The van der Waals surface area contributed by atoms with Gasteiger partial charge in [0.15, 0.2) is 11.2 Å². The Hall–Kier alpha value is -4.45. The molecule has 15 heteroatoms. The van der Waals surface area contributed by atoms with Crippen molar-refractivity contribution in [2.75, 3.05) is 26.3 Å². The van der Waals surface area contributed by atoms with E-state index in [1.807, 2.05) is 13.0 Å². The number of fused-ring (bicyclic) bond motifs is 3. The Kier molecular flexibility index (Phi) is 11.2. The predicted molar refractivity (Wildman–Crippen MR) is 202 cm³/mol. The van der Waals surface area contributed by atoms with Gasteiger partial charge >= 0.3 is 0 Å². The van der Waals surface area contributed by atoms with Gasteiger partial charge in [-0.25, -0.2) is 9.78 Å². The van der Waals surface area contributed by atoms with Gasteiger partial charge in [-0.15, -0.1) is 0 Å². The van der Waals surface area contributed by atoms with Gasteiger partial charge in [-0.05, 0) is 62.4 Å². The number of rotatable bonds is 15. The van der Waals surface area contributed by atoms with Crippen molar-refractivity contribution in [1.29, 1.82) is 0 Å². The van der Waals surface area contributed by atoms with Crippen LogP contribution in [0.4, 0.5) is 5.69 Å². The zero-order valence-electron chi connectivity index (χ0n) is 31.7. The van der Waals surface area contributed by atoms with E-state index in [1.54, 1.807) is 19.2 Å². The van der Waals surface area contributed by atoms with Crippen molar-refractivity contribution in [3.05, 3.63) is 87.1 Å². The third-order valence-electron chi connectivity index (χ3n) is 11.6. The Balaban J connectivity index is 1.25. The van der Waals surface area contributed by atoms with E-state index in [4.69, 9.17) is 18.9 Å². The summed E-state index contributed by atoms with van der Waals surface area (Å²) >= 11 is 0. The van der Waals surface area contributed by atoms with Crippen LogP contribution >= 0.6 is 0 Å². The second-order valence-corrected chi connectivity index (χ2v) is 15.6. The first-order valence-electron chi connectivity index (χ1n) is 19.1. The van der Waals surface area contributed by atoms with Gasteiger partial charge in [0.1, 0.15) is 71.7 Å². The Morgan fingerprint density at radius 3 is 2.61 bits per heavy atom. The van der Waals surface area contributed by atoms with Crippen molar-refractivity contribution in [1.82, 2.24) is 5.32 Å². The van der Waals surface area contributed by atoms with E-state index in [0.29, 0.717) is 78.1 Å². The molecule has 1 saturated heterocycles. The number of aliphatic imine (C=N–C) groups is 1. The van der Waals surface area contributed by atoms with Crippen LogP contribution in [0.3, 0.4) is 0 Å². The highest BCUT2D eigenvalue weighted by Gasteiger charge is 2.49. The lowest BCUT2D eigenvalue weighted by Gasteiger charge is -2.43. The van der Waals surface area contributed by atoms with Crippen LogP contribution in [0, 0.1) is 12.8 Å². The number of carbonyl (C=O) groups excluding carboxylic acids is 1. The van der Waals surface area contributed by atoms with Gasteiger partial charge in [-0.3, -0.25) is 19.5 Å². The van der Waals surface area contributed by atoms with Crippen molar-refractivity contribution in [2.45, 2.75) is 94.9 Å². The lowest BCUT2D eigenvalue weighted by molar-refractivity contribution is -0.776. The zero-order chi connectivity index (χ0) is 39.9. The third kappa shape index (κ3) is 7.65. The molecule has 4 aliphatic rings. The molecular weight excluding hydrogens is 726 g/mol. The monoisotopic (exact) mass is 776 g/mol. The van der Waals surface area contributed by atoms with Crippen molar-refractivity contribution in [3.8, 4) is 11.5 Å². The van der Waals surface area contributed by atoms with Crippen LogP contribution in [0.5, 0.6) is 11.5 Å². The highest BCUT2D eigenvalue weighted by atomic mass is 17.2. The van der Waals surface area contributed by atoms with Gasteiger partial charge in [0.05, 0.1) is 17.6 Å². The van der Waals surface area contributed by atoms with Gasteiger partial charge in [0.2, 0.25) is 17.2 Å². The lowest BCUT2D eigenvalue weighted by Crippen LogP contribution is -3.04. The summed E-state index contributed by atoms with van der Waals surface area (Å²) in [7, 11) is 0. The molecular formula is C41H50N3O12+. The second-order valence-electron chi connectivity index (χ2n) is 15.6. The van der Waals surface area contributed by atoms with E-state index in [2.05, 4.69) is 17.2 Å². The molecule has 56 heavy (non-hydrogen) atoms. The molecule has 2 aromatic carbocycles. The number of hydrogen-bond acceptors (Lipinski definition) is 13. The first-order valence-corrected chi connectivity index (χ1v) is 19.1. The summed E-state index contributed by atoms with van der Waals surface area (Å²) in [5.41, 5.74) is 1.71. The molecule has 4 aliphatic heterocycles. The zero-order valence-corrected chi connectivity index (χ0v) is 31.7. The van der Waals surface area contributed by atoms with E-state index in [0.717, 1.165) is 21.9 Å². The van der Waals surface area contributed by atoms with Crippen LogP contribution in [-0.4, -0.2) is 104 Å². The van der Waals surface area contributed by atoms with E-state index in [-0.39, 0.29) is 35.8 Å². The molecule has 5 heterocycles. The number of amides is 1. The summed E-state index contributed by atoms with van der Waals surface area (Å²) in [6.45, 7) is 5.16. The smallest absolute Gasteiger partial charge is 0.222 e. The van der Waals surface area contributed by atoms with Gasteiger partial charge in [-0.1, -0.05) is 19.1 Å². The predicted octanol–water partition coefficient (Wildman–Crippen LogP) is 0.945. The molecule has 15 nitrogen and oxygen atoms in total. The molecule has 8 N–H and O–H groups in total. The molecule has 0 bridgehead atoms. The Bertz CT molecular complexity index is 2130. The average Bonchev–Trinajstić information content (AvgIpc) is 3.90. The molecule has 1 aromatic heterocycles. The summed E-state index contributed by atoms with van der Waals surface area (Å²) in [6.07, 6.45) is -0.805. The summed E-state index contributed by atoms with van der Waals surface area (Å²) in [4.78, 5) is 43.2. The SMILES string of the molecule is CCC1=C2C=CN=C2C[NH+]1c1c2c(cc3c(=O)cc(C)oc13)C[C@@H](OOC[C@@](O)(Cc1ccc(O)cc1)[C@@H](O)[C@H](O)[C@H](O)CO)[C@@](C)(CC[C@H]1CNC(=O)C1)O2. The third-order valence-corrected chi connectivity index (χ3v) is 11.6. The second kappa shape index (κ2) is 15.8. The van der Waals surface area contributed by atoms with Gasteiger partial charge in [-0.2, -0.15) is 0 Å². The number of quaternary nitrogens is 1. The topological polar surface area (TPSA) is 225 Å². The number of aliphatic hydroxyl groups is 5. The van der Waals surface area contributed by atoms with E-state index in [1.165, 1.54) is 30.3 Å². The fourth-order valence-electron chi connectivity index (χ4n) is 8.34. The van der Waals surface area contributed by atoms with Crippen molar-refractivity contribution in [2.24, 2.45) is 10.9 Å². The molecule has 3 aromatic rings. The van der Waals surface area contributed by atoms with Gasteiger partial charge in [0, 0.05) is 50.1 Å². The number of carbonyl (C=O) groups is 1. The van der Waals surface area contributed by atoms with Crippen LogP contribution in [-0.2, 0) is 27.4 Å². The Labute approximate surface area is 323 Å². The quantitative estimate of drug-likeness (QED) is 0.0798. The fraction of sp³-hybridized carbons (Fsp3) is 0.488.